The summed E-state index contributed by atoms with van der Waals surface area (Å²) in [6, 6.07) is 20.8. The van der Waals surface area contributed by atoms with Gasteiger partial charge in [-0.25, -0.2) is 4.98 Å². The van der Waals surface area contributed by atoms with Crippen LogP contribution in [-0.4, -0.2) is 27.8 Å². The molecule has 148 valence electrons. The summed E-state index contributed by atoms with van der Waals surface area (Å²) in [5, 5.41) is 1.31. The fourth-order valence-corrected chi connectivity index (χ4v) is 4.00. The smallest absolute Gasteiger partial charge is 0.289 e. The molecular formula is C23H17N3O3S. The number of ether oxygens (including phenoxy) is 1. The van der Waals surface area contributed by atoms with Gasteiger partial charge < -0.3 is 14.1 Å². The van der Waals surface area contributed by atoms with Crippen LogP contribution in [0.15, 0.2) is 77.3 Å². The Labute approximate surface area is 176 Å². The zero-order valence-electron chi connectivity index (χ0n) is 16.1. The van der Waals surface area contributed by atoms with Crippen molar-refractivity contribution >= 4 is 38.6 Å². The average molecular weight is 415 g/mol. The number of fused-ring (bicyclic) bond motifs is 2. The van der Waals surface area contributed by atoms with Crippen LogP contribution < -0.4 is 4.74 Å². The normalized spacial score (nSPS) is 11.1. The monoisotopic (exact) mass is 415 g/mol. The van der Waals surface area contributed by atoms with E-state index in [1.165, 1.54) is 11.3 Å². The van der Waals surface area contributed by atoms with Crippen molar-refractivity contribution in [3.63, 3.8) is 0 Å². The van der Waals surface area contributed by atoms with E-state index >= 15 is 0 Å². The fourth-order valence-electron chi connectivity index (χ4n) is 3.20. The molecule has 0 saturated carbocycles. The van der Waals surface area contributed by atoms with Crippen LogP contribution >= 0.6 is 11.3 Å². The van der Waals surface area contributed by atoms with Crippen LogP contribution in [0.2, 0.25) is 0 Å². The van der Waals surface area contributed by atoms with Crippen LogP contribution in [0.3, 0.4) is 0 Å². The van der Waals surface area contributed by atoms with Gasteiger partial charge in [0, 0.05) is 25.2 Å². The SMILES string of the molecule is CN(Cc1ccccc1)C(=O)c1cc2cc(Oc3nc4ncccc4s3)ccc2o1. The quantitative estimate of drug-likeness (QED) is 0.379. The summed E-state index contributed by atoms with van der Waals surface area (Å²) in [6.45, 7) is 0.511. The van der Waals surface area contributed by atoms with Gasteiger partial charge in [-0.1, -0.05) is 41.7 Å². The summed E-state index contributed by atoms with van der Waals surface area (Å²) in [7, 11) is 1.76. The zero-order valence-corrected chi connectivity index (χ0v) is 16.9. The molecule has 0 fully saturated rings. The second-order valence-electron chi connectivity index (χ2n) is 6.86. The molecule has 3 aromatic heterocycles. The van der Waals surface area contributed by atoms with Crippen molar-refractivity contribution in [3.05, 3.63) is 84.3 Å². The number of hydrogen-bond donors (Lipinski definition) is 0. The molecule has 1 amide bonds. The van der Waals surface area contributed by atoms with Gasteiger partial charge in [0.05, 0.1) is 4.70 Å². The number of hydrogen-bond acceptors (Lipinski definition) is 6. The van der Waals surface area contributed by atoms with E-state index in [2.05, 4.69) is 9.97 Å². The van der Waals surface area contributed by atoms with Crippen LogP contribution in [0.1, 0.15) is 16.1 Å². The van der Waals surface area contributed by atoms with Gasteiger partial charge in [0.1, 0.15) is 11.3 Å². The standard InChI is InChI=1S/C23H17N3O3S/c1-26(14-15-6-3-2-4-7-15)22(27)19-13-16-12-17(9-10-18(16)29-19)28-23-25-21-20(30-23)8-5-11-24-21/h2-13H,14H2,1H3. The molecule has 0 saturated heterocycles. The minimum atomic E-state index is -0.172. The van der Waals surface area contributed by atoms with Crippen LogP contribution in [-0.2, 0) is 6.54 Å². The summed E-state index contributed by atoms with van der Waals surface area (Å²) >= 11 is 1.43. The molecule has 2 aromatic carbocycles. The summed E-state index contributed by atoms with van der Waals surface area (Å²) in [6.07, 6.45) is 1.71. The molecule has 0 aliphatic heterocycles. The molecule has 7 heteroatoms. The van der Waals surface area contributed by atoms with Crippen LogP contribution in [0.4, 0.5) is 0 Å². The van der Waals surface area contributed by atoms with Crippen molar-refractivity contribution < 1.29 is 13.9 Å². The molecule has 30 heavy (non-hydrogen) atoms. The Morgan fingerprint density at radius 3 is 2.80 bits per heavy atom. The number of rotatable bonds is 5. The first-order valence-electron chi connectivity index (χ1n) is 9.38. The Morgan fingerprint density at radius 2 is 1.97 bits per heavy atom. The highest BCUT2D eigenvalue weighted by Crippen LogP contribution is 2.32. The lowest BCUT2D eigenvalue weighted by Crippen LogP contribution is -2.25. The van der Waals surface area contributed by atoms with Crippen molar-refractivity contribution in [1.29, 1.82) is 0 Å². The first-order valence-corrected chi connectivity index (χ1v) is 10.2. The van der Waals surface area contributed by atoms with Crippen molar-refractivity contribution in [2.24, 2.45) is 0 Å². The summed E-state index contributed by atoms with van der Waals surface area (Å²) in [5.41, 5.74) is 2.35. The molecule has 0 radical (unpaired) electrons. The van der Waals surface area contributed by atoms with Gasteiger partial charge in [-0.15, -0.1) is 0 Å². The minimum Gasteiger partial charge on any atom is -0.451 e. The largest absolute Gasteiger partial charge is 0.451 e. The molecule has 0 atom stereocenters. The van der Waals surface area contributed by atoms with Crippen LogP contribution in [0.25, 0.3) is 21.3 Å². The van der Waals surface area contributed by atoms with Gasteiger partial charge in [0.25, 0.3) is 11.1 Å². The van der Waals surface area contributed by atoms with E-state index in [0.717, 1.165) is 15.6 Å². The first-order chi connectivity index (χ1) is 14.7. The van der Waals surface area contributed by atoms with E-state index in [0.29, 0.717) is 34.5 Å². The van der Waals surface area contributed by atoms with Gasteiger partial charge >= 0.3 is 0 Å². The van der Waals surface area contributed by atoms with Gasteiger partial charge in [-0.05, 0) is 42.0 Å². The molecule has 3 heterocycles. The number of pyridine rings is 1. The zero-order chi connectivity index (χ0) is 20.5. The Balaban J connectivity index is 1.36. The van der Waals surface area contributed by atoms with Crippen molar-refractivity contribution in [2.45, 2.75) is 6.54 Å². The number of furan rings is 1. The molecule has 0 aliphatic rings. The molecule has 5 aromatic rings. The molecular weight excluding hydrogens is 398 g/mol. The summed E-state index contributed by atoms with van der Waals surface area (Å²) < 4.78 is 12.6. The van der Waals surface area contributed by atoms with Crippen LogP contribution in [0.5, 0.6) is 10.9 Å². The van der Waals surface area contributed by atoms with Gasteiger partial charge in [-0.2, -0.15) is 4.98 Å². The Kier molecular flexibility index (Phi) is 4.65. The number of carbonyl (C=O) groups excluding carboxylic acids is 1. The number of amides is 1. The summed E-state index contributed by atoms with van der Waals surface area (Å²) in [4.78, 5) is 23.0. The van der Waals surface area contributed by atoms with Crippen LogP contribution in [0, 0.1) is 0 Å². The third-order valence-electron chi connectivity index (χ3n) is 4.66. The molecule has 5 rings (SSSR count). The highest BCUT2D eigenvalue weighted by molar-refractivity contribution is 7.20. The maximum atomic E-state index is 12.8. The molecule has 0 spiro atoms. The molecule has 0 aliphatic carbocycles. The van der Waals surface area contributed by atoms with E-state index in [4.69, 9.17) is 9.15 Å². The number of benzene rings is 2. The second kappa shape index (κ2) is 7.61. The van der Waals surface area contributed by atoms with Crippen molar-refractivity contribution in [3.8, 4) is 10.9 Å². The highest BCUT2D eigenvalue weighted by atomic mass is 32.1. The number of aromatic nitrogens is 2. The van der Waals surface area contributed by atoms with Gasteiger partial charge in [0.15, 0.2) is 11.4 Å². The molecule has 0 unspecified atom stereocenters. The van der Waals surface area contributed by atoms with Gasteiger partial charge in [-0.3, -0.25) is 4.79 Å². The fraction of sp³-hybridized carbons (Fsp3) is 0.0870. The van der Waals surface area contributed by atoms with E-state index in [-0.39, 0.29) is 5.91 Å². The topological polar surface area (TPSA) is 68.5 Å². The van der Waals surface area contributed by atoms with E-state index in [9.17, 15) is 4.79 Å². The second-order valence-corrected chi connectivity index (χ2v) is 7.86. The van der Waals surface area contributed by atoms with E-state index in [1.54, 1.807) is 36.3 Å². The van der Waals surface area contributed by atoms with Crippen molar-refractivity contribution in [2.75, 3.05) is 7.05 Å². The number of nitrogens with zero attached hydrogens (tertiary/aromatic N) is 3. The highest BCUT2D eigenvalue weighted by Gasteiger charge is 2.17. The third-order valence-corrected chi connectivity index (χ3v) is 5.55. The maximum Gasteiger partial charge on any atom is 0.289 e. The molecule has 0 bridgehead atoms. The molecule has 6 nitrogen and oxygen atoms in total. The minimum absolute atomic E-state index is 0.172. The molecule has 0 N–H and O–H groups in total. The predicted molar refractivity (Wildman–Crippen MR) is 116 cm³/mol. The maximum absolute atomic E-state index is 12.8. The Morgan fingerprint density at radius 1 is 1.10 bits per heavy atom. The van der Waals surface area contributed by atoms with E-state index in [1.807, 2.05) is 48.5 Å². The number of thiazole rings is 1. The predicted octanol–water partition coefficient (Wildman–Crippen LogP) is 5.50. The lowest BCUT2D eigenvalue weighted by molar-refractivity contribution is 0.0756. The third kappa shape index (κ3) is 3.62. The first kappa shape index (κ1) is 18.3. The lowest BCUT2D eigenvalue weighted by Gasteiger charge is -2.15. The Bertz CT molecular complexity index is 1310. The average Bonchev–Trinajstić information content (AvgIpc) is 3.37. The van der Waals surface area contributed by atoms with E-state index < -0.39 is 0 Å². The Hall–Kier alpha value is -3.71. The van der Waals surface area contributed by atoms with Gasteiger partial charge in [0.2, 0.25) is 0 Å². The number of carbonyl (C=O) groups is 1. The lowest BCUT2D eigenvalue weighted by atomic mass is 10.2. The summed E-state index contributed by atoms with van der Waals surface area (Å²) in [5.74, 6) is 0.749. The van der Waals surface area contributed by atoms with Crippen molar-refractivity contribution in [1.82, 2.24) is 14.9 Å².